The SMILES string of the molecule is CN(C)C(=O)N1CCC(C(=O)N(C)C[C@H]2CCOC2)CC1. The third-order valence-electron chi connectivity index (χ3n) is 4.43. The summed E-state index contributed by atoms with van der Waals surface area (Å²) in [4.78, 5) is 29.6. The number of hydrogen-bond donors (Lipinski definition) is 0. The van der Waals surface area contributed by atoms with E-state index in [4.69, 9.17) is 4.74 Å². The van der Waals surface area contributed by atoms with Gasteiger partial charge in [0.05, 0.1) is 6.61 Å². The van der Waals surface area contributed by atoms with E-state index in [1.165, 1.54) is 0 Å². The summed E-state index contributed by atoms with van der Waals surface area (Å²) in [5, 5.41) is 0. The van der Waals surface area contributed by atoms with Crippen molar-refractivity contribution in [2.75, 3.05) is 54.0 Å². The maximum atomic E-state index is 12.5. The second-order valence-corrected chi connectivity index (χ2v) is 6.39. The Kier molecular flexibility index (Phi) is 5.45. The molecule has 3 amide bonds. The lowest BCUT2D eigenvalue weighted by Crippen LogP contribution is -2.47. The number of carbonyl (C=O) groups excluding carboxylic acids is 2. The van der Waals surface area contributed by atoms with E-state index >= 15 is 0 Å². The molecule has 0 unspecified atom stereocenters. The summed E-state index contributed by atoms with van der Waals surface area (Å²) in [5.74, 6) is 0.761. The molecule has 0 aromatic carbocycles. The van der Waals surface area contributed by atoms with Crippen LogP contribution >= 0.6 is 0 Å². The molecule has 2 saturated heterocycles. The number of likely N-dealkylation sites (tertiary alicyclic amines) is 1. The monoisotopic (exact) mass is 297 g/mol. The number of nitrogens with zero attached hydrogens (tertiary/aromatic N) is 3. The van der Waals surface area contributed by atoms with Crippen LogP contribution in [0.15, 0.2) is 0 Å². The summed E-state index contributed by atoms with van der Waals surface area (Å²) in [6, 6.07) is 0.0392. The quantitative estimate of drug-likeness (QED) is 0.777. The van der Waals surface area contributed by atoms with Gasteiger partial charge in [0.15, 0.2) is 0 Å². The van der Waals surface area contributed by atoms with Gasteiger partial charge in [0.25, 0.3) is 0 Å². The Labute approximate surface area is 127 Å². The fourth-order valence-corrected chi connectivity index (χ4v) is 3.12. The number of amides is 3. The molecule has 0 saturated carbocycles. The van der Waals surface area contributed by atoms with Gasteiger partial charge in [-0.25, -0.2) is 4.79 Å². The molecule has 2 aliphatic rings. The van der Waals surface area contributed by atoms with E-state index in [1.807, 2.05) is 16.8 Å². The number of hydrogen-bond acceptors (Lipinski definition) is 3. The van der Waals surface area contributed by atoms with Gasteiger partial charge in [-0.1, -0.05) is 0 Å². The molecule has 6 heteroatoms. The van der Waals surface area contributed by atoms with Gasteiger partial charge in [-0.05, 0) is 19.3 Å². The Morgan fingerprint density at radius 3 is 2.33 bits per heavy atom. The summed E-state index contributed by atoms with van der Waals surface area (Å²) in [5.41, 5.74) is 0. The van der Waals surface area contributed by atoms with Crippen molar-refractivity contribution < 1.29 is 14.3 Å². The van der Waals surface area contributed by atoms with Gasteiger partial charge < -0.3 is 19.4 Å². The maximum absolute atomic E-state index is 12.5. The van der Waals surface area contributed by atoms with Crippen LogP contribution in [0.25, 0.3) is 0 Å². The van der Waals surface area contributed by atoms with Crippen LogP contribution in [0.3, 0.4) is 0 Å². The predicted octanol–water partition coefficient (Wildman–Crippen LogP) is 0.875. The molecule has 0 N–H and O–H groups in total. The first-order chi connectivity index (χ1) is 9.99. The van der Waals surface area contributed by atoms with Crippen molar-refractivity contribution in [1.82, 2.24) is 14.7 Å². The molecular weight excluding hydrogens is 270 g/mol. The summed E-state index contributed by atoms with van der Waals surface area (Å²) >= 11 is 0. The first kappa shape index (κ1) is 16.1. The lowest BCUT2D eigenvalue weighted by atomic mass is 9.95. The van der Waals surface area contributed by atoms with E-state index in [9.17, 15) is 9.59 Å². The zero-order valence-electron chi connectivity index (χ0n) is 13.4. The highest BCUT2D eigenvalue weighted by atomic mass is 16.5. The van der Waals surface area contributed by atoms with Gasteiger partial charge in [-0.3, -0.25) is 4.79 Å². The highest BCUT2D eigenvalue weighted by Crippen LogP contribution is 2.21. The Morgan fingerprint density at radius 1 is 1.14 bits per heavy atom. The molecule has 120 valence electrons. The van der Waals surface area contributed by atoms with Crippen molar-refractivity contribution in [2.45, 2.75) is 19.3 Å². The van der Waals surface area contributed by atoms with Crippen molar-refractivity contribution in [2.24, 2.45) is 11.8 Å². The molecule has 2 fully saturated rings. The van der Waals surface area contributed by atoms with Crippen LogP contribution in [-0.4, -0.2) is 80.6 Å². The average molecular weight is 297 g/mol. The summed E-state index contributed by atoms with van der Waals surface area (Å²) in [7, 11) is 5.41. The van der Waals surface area contributed by atoms with Crippen LogP contribution < -0.4 is 0 Å². The molecule has 0 aromatic rings. The molecule has 0 spiro atoms. The van der Waals surface area contributed by atoms with Crippen molar-refractivity contribution >= 4 is 11.9 Å². The Balaban J connectivity index is 1.78. The van der Waals surface area contributed by atoms with Gasteiger partial charge in [-0.2, -0.15) is 0 Å². The predicted molar refractivity (Wildman–Crippen MR) is 79.9 cm³/mol. The standard InChI is InChI=1S/C15H27N3O3/c1-16(2)15(20)18-7-4-13(5-8-18)14(19)17(3)10-12-6-9-21-11-12/h12-13H,4-11H2,1-3H3/t12-/m1/s1. The van der Waals surface area contributed by atoms with E-state index in [2.05, 4.69) is 0 Å². The number of ether oxygens (including phenoxy) is 1. The summed E-state index contributed by atoms with van der Waals surface area (Å²) < 4.78 is 5.36. The highest BCUT2D eigenvalue weighted by molar-refractivity contribution is 5.79. The zero-order valence-corrected chi connectivity index (χ0v) is 13.4. The molecule has 2 heterocycles. The molecule has 6 nitrogen and oxygen atoms in total. The number of urea groups is 1. The van der Waals surface area contributed by atoms with Gasteiger partial charge in [0.2, 0.25) is 5.91 Å². The van der Waals surface area contributed by atoms with Crippen LogP contribution in [0, 0.1) is 11.8 Å². The normalized spacial score (nSPS) is 23.2. The van der Waals surface area contributed by atoms with E-state index in [0.29, 0.717) is 19.0 Å². The minimum Gasteiger partial charge on any atom is -0.381 e. The molecule has 0 aromatic heterocycles. The topological polar surface area (TPSA) is 53.1 Å². The van der Waals surface area contributed by atoms with Crippen LogP contribution in [0.2, 0.25) is 0 Å². The molecule has 1 atom stereocenters. The van der Waals surface area contributed by atoms with Crippen molar-refractivity contribution in [3.05, 3.63) is 0 Å². The minimum atomic E-state index is 0.0392. The van der Waals surface area contributed by atoms with Crippen molar-refractivity contribution in [1.29, 1.82) is 0 Å². The van der Waals surface area contributed by atoms with Crippen LogP contribution in [0.1, 0.15) is 19.3 Å². The molecule has 21 heavy (non-hydrogen) atoms. The second-order valence-electron chi connectivity index (χ2n) is 6.39. The maximum Gasteiger partial charge on any atom is 0.319 e. The molecule has 0 radical (unpaired) electrons. The molecule has 0 aliphatic carbocycles. The summed E-state index contributed by atoms with van der Waals surface area (Å²) in [6.45, 7) is 3.72. The largest absolute Gasteiger partial charge is 0.381 e. The van der Waals surface area contributed by atoms with Gasteiger partial charge >= 0.3 is 6.03 Å². The third-order valence-corrected chi connectivity index (χ3v) is 4.43. The molecule has 2 aliphatic heterocycles. The van der Waals surface area contributed by atoms with Crippen molar-refractivity contribution in [3.63, 3.8) is 0 Å². The van der Waals surface area contributed by atoms with Crippen LogP contribution in [-0.2, 0) is 9.53 Å². The van der Waals surface area contributed by atoms with Crippen LogP contribution in [0.4, 0.5) is 4.79 Å². The van der Waals surface area contributed by atoms with Gasteiger partial charge in [0.1, 0.15) is 0 Å². The van der Waals surface area contributed by atoms with E-state index in [-0.39, 0.29) is 17.9 Å². The van der Waals surface area contributed by atoms with Crippen LogP contribution in [0.5, 0.6) is 0 Å². The smallest absolute Gasteiger partial charge is 0.319 e. The zero-order chi connectivity index (χ0) is 15.4. The first-order valence-electron chi connectivity index (χ1n) is 7.78. The summed E-state index contributed by atoms with van der Waals surface area (Å²) in [6.07, 6.45) is 2.58. The van der Waals surface area contributed by atoms with E-state index in [0.717, 1.165) is 39.0 Å². The molecule has 0 bridgehead atoms. The molecular formula is C15H27N3O3. The first-order valence-corrected chi connectivity index (χ1v) is 7.78. The molecule has 2 rings (SSSR count). The number of piperidine rings is 1. The average Bonchev–Trinajstić information content (AvgIpc) is 2.98. The third kappa shape index (κ3) is 4.09. The van der Waals surface area contributed by atoms with Gasteiger partial charge in [-0.15, -0.1) is 0 Å². The van der Waals surface area contributed by atoms with Gasteiger partial charge in [0, 0.05) is 59.2 Å². The lowest BCUT2D eigenvalue weighted by Gasteiger charge is -2.34. The fraction of sp³-hybridized carbons (Fsp3) is 0.867. The lowest BCUT2D eigenvalue weighted by molar-refractivity contribution is -0.136. The Bertz CT molecular complexity index is 372. The highest BCUT2D eigenvalue weighted by Gasteiger charge is 2.30. The minimum absolute atomic E-state index is 0.0392. The van der Waals surface area contributed by atoms with E-state index < -0.39 is 0 Å². The fourth-order valence-electron chi connectivity index (χ4n) is 3.12. The number of rotatable bonds is 3. The second kappa shape index (κ2) is 7.11. The van der Waals surface area contributed by atoms with Crippen molar-refractivity contribution in [3.8, 4) is 0 Å². The number of carbonyl (C=O) groups is 2. The van der Waals surface area contributed by atoms with E-state index in [1.54, 1.807) is 19.0 Å². The Hall–Kier alpha value is -1.30. The Morgan fingerprint density at radius 2 is 1.81 bits per heavy atom.